The normalized spacial score (nSPS) is 15.8. The summed E-state index contributed by atoms with van der Waals surface area (Å²) in [4.78, 5) is 27.3. The molecule has 1 amide bonds. The second-order valence-corrected chi connectivity index (χ2v) is 11.7. The molecule has 4 aromatic rings. The SMILES string of the molecule is O=C(O)C(F)(F)F.O=C1CC(c2ccc(CN(Cc3ccc(-c4ccccc4)cc3)Cc3ccccn3)cc2)S(=O)(=O)N1. The number of alkyl halides is 3. The van der Waals surface area contributed by atoms with Gasteiger partial charge in [0.1, 0.15) is 5.25 Å². The molecule has 0 aliphatic carbocycles. The van der Waals surface area contributed by atoms with E-state index in [1.165, 1.54) is 16.7 Å². The number of pyridine rings is 1. The molecule has 1 atom stereocenters. The number of nitrogens with one attached hydrogen (secondary N) is 1. The highest BCUT2D eigenvalue weighted by molar-refractivity contribution is 7.90. The highest BCUT2D eigenvalue weighted by Gasteiger charge is 2.38. The number of carbonyl (C=O) groups excluding carboxylic acids is 1. The van der Waals surface area contributed by atoms with Crippen LogP contribution in [0, 0.1) is 0 Å². The Morgan fingerprint density at radius 2 is 1.37 bits per heavy atom. The maximum atomic E-state index is 12.2. The van der Waals surface area contributed by atoms with Crippen LogP contribution in [-0.2, 0) is 39.2 Å². The van der Waals surface area contributed by atoms with E-state index in [2.05, 4.69) is 51.0 Å². The molecule has 224 valence electrons. The number of hydrogen-bond acceptors (Lipinski definition) is 6. The zero-order chi connectivity index (χ0) is 31.0. The van der Waals surface area contributed by atoms with Gasteiger partial charge in [0, 0.05) is 25.8 Å². The molecule has 8 nitrogen and oxygen atoms in total. The molecule has 2 N–H and O–H groups in total. The van der Waals surface area contributed by atoms with Crippen molar-refractivity contribution >= 4 is 21.9 Å². The molecule has 5 rings (SSSR count). The summed E-state index contributed by atoms with van der Waals surface area (Å²) in [6.45, 7) is 2.09. The number of rotatable bonds is 8. The lowest BCUT2D eigenvalue weighted by molar-refractivity contribution is -0.192. The highest BCUT2D eigenvalue weighted by atomic mass is 32.2. The molecule has 1 aromatic heterocycles. The van der Waals surface area contributed by atoms with Gasteiger partial charge in [-0.05, 0) is 39.9 Å². The molecule has 0 radical (unpaired) electrons. The number of hydrogen-bond donors (Lipinski definition) is 2. The Balaban J connectivity index is 0.000000541. The number of aliphatic carboxylic acids is 1. The molecule has 3 aromatic carbocycles. The van der Waals surface area contributed by atoms with Gasteiger partial charge in [-0.1, -0.05) is 84.9 Å². The molecule has 12 heteroatoms. The molecule has 1 fully saturated rings. The van der Waals surface area contributed by atoms with Crippen molar-refractivity contribution in [3.63, 3.8) is 0 Å². The summed E-state index contributed by atoms with van der Waals surface area (Å²) in [7, 11) is -3.65. The van der Waals surface area contributed by atoms with Crippen molar-refractivity contribution in [1.82, 2.24) is 14.6 Å². The van der Waals surface area contributed by atoms with Crippen molar-refractivity contribution in [1.29, 1.82) is 0 Å². The first-order chi connectivity index (χ1) is 20.4. The number of carbonyl (C=O) groups is 2. The van der Waals surface area contributed by atoms with Gasteiger partial charge in [0.15, 0.2) is 0 Å². The standard InChI is InChI=1S/C29H27N3O3S.C2HF3O2/c33-29-18-28(36(34,35)31-29)26-15-11-23(12-16-26)20-32(21-27-8-4-5-17-30-27)19-22-9-13-25(14-10-22)24-6-2-1-3-7-24;3-2(4,5)1(6)7/h1-17,28H,18-21H2,(H,31,33);(H,6,7). The number of sulfonamides is 1. The van der Waals surface area contributed by atoms with Gasteiger partial charge in [-0.3, -0.25) is 19.4 Å². The molecule has 0 bridgehead atoms. The highest BCUT2D eigenvalue weighted by Crippen LogP contribution is 2.30. The predicted octanol–water partition coefficient (Wildman–Crippen LogP) is 5.48. The third-order valence-electron chi connectivity index (χ3n) is 6.58. The van der Waals surface area contributed by atoms with Crippen molar-refractivity contribution in [3.8, 4) is 11.1 Å². The zero-order valence-corrected chi connectivity index (χ0v) is 23.6. The van der Waals surface area contributed by atoms with Crippen LogP contribution in [0.5, 0.6) is 0 Å². The van der Waals surface area contributed by atoms with Gasteiger partial charge in [0.2, 0.25) is 15.9 Å². The van der Waals surface area contributed by atoms with Crippen LogP contribution >= 0.6 is 0 Å². The Labute approximate surface area is 246 Å². The summed E-state index contributed by atoms with van der Waals surface area (Å²) in [5.74, 6) is -3.21. The summed E-state index contributed by atoms with van der Waals surface area (Å²) in [6, 6.07) is 32.3. The first-order valence-electron chi connectivity index (χ1n) is 13.1. The Morgan fingerprint density at radius 3 is 1.86 bits per heavy atom. The van der Waals surface area contributed by atoms with E-state index in [9.17, 15) is 26.4 Å². The van der Waals surface area contributed by atoms with Crippen molar-refractivity contribution < 1.29 is 36.3 Å². The molecular weight excluding hydrogens is 583 g/mol. The summed E-state index contributed by atoms with van der Waals surface area (Å²) in [6.07, 6.45) is -3.32. The minimum Gasteiger partial charge on any atom is -0.475 e. The zero-order valence-electron chi connectivity index (χ0n) is 22.7. The van der Waals surface area contributed by atoms with Crippen LogP contribution in [0.2, 0.25) is 0 Å². The fourth-order valence-electron chi connectivity index (χ4n) is 4.52. The Bertz CT molecular complexity index is 1630. The third kappa shape index (κ3) is 8.97. The van der Waals surface area contributed by atoms with Crippen LogP contribution in [0.1, 0.15) is 34.1 Å². The van der Waals surface area contributed by atoms with Gasteiger partial charge in [0.05, 0.1) is 12.1 Å². The van der Waals surface area contributed by atoms with Gasteiger partial charge in [-0.2, -0.15) is 13.2 Å². The molecule has 1 unspecified atom stereocenters. The lowest BCUT2D eigenvalue weighted by Crippen LogP contribution is -2.23. The lowest BCUT2D eigenvalue weighted by Gasteiger charge is -2.23. The third-order valence-corrected chi connectivity index (χ3v) is 8.28. The van der Waals surface area contributed by atoms with E-state index in [1.54, 1.807) is 6.20 Å². The Hall–Kier alpha value is -4.55. The number of aromatic nitrogens is 1. The minimum absolute atomic E-state index is 0.0353. The van der Waals surface area contributed by atoms with E-state index >= 15 is 0 Å². The van der Waals surface area contributed by atoms with Crippen molar-refractivity contribution in [2.24, 2.45) is 0 Å². The fraction of sp³-hybridized carbons (Fsp3) is 0.194. The van der Waals surface area contributed by atoms with Gasteiger partial charge in [0.25, 0.3) is 0 Å². The number of carboxylic acids is 1. The topological polar surface area (TPSA) is 117 Å². The summed E-state index contributed by atoms with van der Waals surface area (Å²) >= 11 is 0. The summed E-state index contributed by atoms with van der Waals surface area (Å²) in [5.41, 5.74) is 6.24. The average Bonchev–Trinajstić information content (AvgIpc) is 3.26. The quantitative estimate of drug-likeness (QED) is 0.271. The van der Waals surface area contributed by atoms with Crippen LogP contribution in [0.25, 0.3) is 11.1 Å². The smallest absolute Gasteiger partial charge is 0.475 e. The van der Waals surface area contributed by atoms with Crippen LogP contribution in [0.3, 0.4) is 0 Å². The number of carboxylic acid groups (broad SMARTS) is 1. The lowest BCUT2D eigenvalue weighted by atomic mass is 10.0. The van der Waals surface area contributed by atoms with Gasteiger partial charge >= 0.3 is 12.1 Å². The number of amides is 1. The molecule has 1 aliphatic rings. The number of benzene rings is 3. The molecule has 2 heterocycles. The van der Waals surface area contributed by atoms with Gasteiger partial charge in [-0.25, -0.2) is 13.2 Å². The maximum absolute atomic E-state index is 12.2. The first-order valence-corrected chi connectivity index (χ1v) is 14.7. The maximum Gasteiger partial charge on any atom is 0.490 e. The second-order valence-electron chi connectivity index (χ2n) is 9.84. The van der Waals surface area contributed by atoms with E-state index in [0.717, 1.165) is 17.8 Å². The van der Waals surface area contributed by atoms with Crippen LogP contribution in [0.4, 0.5) is 13.2 Å². The molecule has 0 saturated carbocycles. The fourth-order valence-corrected chi connectivity index (χ4v) is 5.95. The van der Waals surface area contributed by atoms with Crippen LogP contribution < -0.4 is 4.72 Å². The molecular formula is C31H28F3N3O5S. The summed E-state index contributed by atoms with van der Waals surface area (Å²) in [5, 5.41) is 6.30. The van der Waals surface area contributed by atoms with E-state index in [1.807, 2.05) is 60.7 Å². The first kappa shape index (κ1) is 31.4. The van der Waals surface area contributed by atoms with Crippen molar-refractivity contribution in [2.75, 3.05) is 0 Å². The van der Waals surface area contributed by atoms with Crippen LogP contribution in [0.15, 0.2) is 103 Å². The van der Waals surface area contributed by atoms with Crippen LogP contribution in [-0.4, -0.2) is 41.5 Å². The Morgan fingerprint density at radius 1 is 0.837 bits per heavy atom. The average molecular weight is 612 g/mol. The largest absolute Gasteiger partial charge is 0.490 e. The van der Waals surface area contributed by atoms with Crippen molar-refractivity contribution in [3.05, 3.63) is 126 Å². The van der Waals surface area contributed by atoms with Gasteiger partial charge < -0.3 is 5.11 Å². The second kappa shape index (κ2) is 13.6. The number of nitrogens with zero attached hydrogens (tertiary/aromatic N) is 2. The van der Waals surface area contributed by atoms with Gasteiger partial charge in [-0.15, -0.1) is 0 Å². The summed E-state index contributed by atoms with van der Waals surface area (Å²) < 4.78 is 58.2. The van der Waals surface area contributed by atoms with E-state index in [-0.39, 0.29) is 6.42 Å². The monoisotopic (exact) mass is 611 g/mol. The van der Waals surface area contributed by atoms with E-state index in [0.29, 0.717) is 18.7 Å². The Kier molecular flexibility index (Phi) is 9.94. The van der Waals surface area contributed by atoms with E-state index < -0.39 is 33.3 Å². The molecule has 1 aliphatic heterocycles. The predicted molar refractivity (Wildman–Crippen MR) is 154 cm³/mol. The minimum atomic E-state index is -5.08. The molecule has 43 heavy (non-hydrogen) atoms. The molecule has 1 saturated heterocycles. The number of halogens is 3. The van der Waals surface area contributed by atoms with Crippen molar-refractivity contribution in [2.45, 2.75) is 37.5 Å². The molecule has 0 spiro atoms. The van der Waals surface area contributed by atoms with E-state index in [4.69, 9.17) is 9.90 Å².